The van der Waals surface area contributed by atoms with Crippen molar-refractivity contribution >= 4 is 27.8 Å². The molecule has 4 rings (SSSR count). The Kier molecular flexibility index (Phi) is 3.86. The van der Waals surface area contributed by atoms with Crippen LogP contribution in [0.1, 0.15) is 5.56 Å². The second-order valence-electron chi connectivity index (χ2n) is 5.90. The van der Waals surface area contributed by atoms with Gasteiger partial charge in [0.2, 0.25) is 0 Å². The van der Waals surface area contributed by atoms with Crippen LogP contribution < -0.4 is 4.90 Å². The molecule has 3 aromatic carbocycles. The molecule has 1 heterocycles. The maximum atomic E-state index is 13.6. The van der Waals surface area contributed by atoms with Gasteiger partial charge in [-0.3, -0.25) is 0 Å². The maximum Gasteiger partial charge on any atom is 0.123 e. The molecule has 0 N–H and O–H groups in total. The van der Waals surface area contributed by atoms with E-state index < -0.39 is 0 Å². The topological polar surface area (TPSA) is 29.0 Å². The van der Waals surface area contributed by atoms with Crippen LogP contribution >= 0.6 is 0 Å². The molecule has 4 aromatic rings. The van der Waals surface area contributed by atoms with Crippen molar-refractivity contribution in [1.29, 1.82) is 0 Å². The first kappa shape index (κ1) is 15.3. The molecule has 0 aliphatic carbocycles. The molecule has 0 fully saturated rings. The molecule has 0 bridgehead atoms. The Morgan fingerprint density at radius 3 is 2.28 bits per heavy atom. The average Bonchev–Trinajstić information content (AvgIpc) is 2.64. The summed E-state index contributed by atoms with van der Waals surface area (Å²) < 4.78 is 13.6. The minimum atomic E-state index is -0.233. The number of aryl methyl sites for hydroxylation is 1. The van der Waals surface area contributed by atoms with Crippen LogP contribution in [0.25, 0.3) is 10.8 Å². The lowest BCUT2D eigenvalue weighted by molar-refractivity contribution is 0.626. The molecule has 4 heteroatoms. The lowest BCUT2D eigenvalue weighted by Gasteiger charge is -2.27. The molecule has 0 saturated heterocycles. The van der Waals surface area contributed by atoms with Crippen LogP contribution in [0.5, 0.6) is 0 Å². The maximum absolute atomic E-state index is 13.6. The number of para-hydroxylation sites is 1. The van der Waals surface area contributed by atoms with Crippen molar-refractivity contribution in [2.24, 2.45) is 0 Å². The number of aromatic nitrogens is 2. The number of anilines is 3. The molecular formula is C21H16FN3. The molecule has 0 unspecified atom stereocenters. The van der Waals surface area contributed by atoms with Crippen LogP contribution in [0.2, 0.25) is 0 Å². The number of rotatable bonds is 3. The van der Waals surface area contributed by atoms with Crippen LogP contribution in [0.15, 0.2) is 79.1 Å². The van der Waals surface area contributed by atoms with Crippen LogP contribution in [0.3, 0.4) is 0 Å². The fourth-order valence-corrected chi connectivity index (χ4v) is 3.00. The fourth-order valence-electron chi connectivity index (χ4n) is 3.00. The second kappa shape index (κ2) is 6.32. The molecule has 0 saturated carbocycles. The van der Waals surface area contributed by atoms with E-state index in [0.717, 1.165) is 33.4 Å². The van der Waals surface area contributed by atoms with E-state index >= 15 is 0 Å². The van der Waals surface area contributed by atoms with Crippen molar-refractivity contribution in [2.45, 2.75) is 6.92 Å². The summed E-state index contributed by atoms with van der Waals surface area (Å²) in [4.78, 5) is 2.12. The van der Waals surface area contributed by atoms with Crippen molar-refractivity contribution in [3.05, 3.63) is 90.5 Å². The van der Waals surface area contributed by atoms with Gasteiger partial charge in [0.1, 0.15) is 5.82 Å². The van der Waals surface area contributed by atoms with Crippen molar-refractivity contribution in [1.82, 2.24) is 10.2 Å². The van der Waals surface area contributed by atoms with E-state index in [9.17, 15) is 4.39 Å². The van der Waals surface area contributed by atoms with Crippen molar-refractivity contribution < 1.29 is 4.39 Å². The van der Waals surface area contributed by atoms with Crippen LogP contribution in [0, 0.1) is 12.7 Å². The molecular weight excluding hydrogens is 313 g/mol. The van der Waals surface area contributed by atoms with E-state index in [1.54, 1.807) is 18.5 Å². The van der Waals surface area contributed by atoms with Gasteiger partial charge in [0, 0.05) is 27.8 Å². The van der Waals surface area contributed by atoms with Crippen LogP contribution in [-0.2, 0) is 0 Å². The lowest BCUT2D eigenvalue weighted by atomic mass is 10.1. The summed E-state index contributed by atoms with van der Waals surface area (Å²) in [6, 6.07) is 21.0. The first-order valence-electron chi connectivity index (χ1n) is 8.04. The van der Waals surface area contributed by atoms with Crippen LogP contribution in [-0.4, -0.2) is 10.2 Å². The number of hydrogen-bond donors (Lipinski definition) is 0. The SMILES string of the molecule is Cc1cc(F)ccc1N(c1ccccc1)c1ccc2cnncc2c1. The van der Waals surface area contributed by atoms with Crippen LogP contribution in [0.4, 0.5) is 21.5 Å². The third kappa shape index (κ3) is 2.94. The van der Waals surface area contributed by atoms with Crippen molar-refractivity contribution in [3.63, 3.8) is 0 Å². The molecule has 0 spiro atoms. The molecule has 3 nitrogen and oxygen atoms in total. The van der Waals surface area contributed by atoms with E-state index in [-0.39, 0.29) is 5.82 Å². The minimum absolute atomic E-state index is 0.233. The zero-order valence-corrected chi connectivity index (χ0v) is 13.7. The summed E-state index contributed by atoms with van der Waals surface area (Å²) in [7, 11) is 0. The van der Waals surface area contributed by atoms with E-state index in [0.29, 0.717) is 0 Å². The van der Waals surface area contributed by atoms with E-state index in [4.69, 9.17) is 0 Å². The fraction of sp³-hybridized carbons (Fsp3) is 0.0476. The number of nitrogens with zero attached hydrogens (tertiary/aromatic N) is 3. The summed E-state index contributed by atoms with van der Waals surface area (Å²) in [5.74, 6) is -0.233. The second-order valence-corrected chi connectivity index (χ2v) is 5.90. The van der Waals surface area contributed by atoms with Gasteiger partial charge < -0.3 is 4.90 Å². The molecule has 0 aliphatic heterocycles. The standard InChI is InChI=1S/C21H16FN3/c1-15-11-18(22)8-10-21(15)25(19-5-3-2-4-6-19)20-9-7-16-13-23-24-14-17(16)12-20/h2-14H,1H3. The minimum Gasteiger partial charge on any atom is -0.310 e. The number of hydrogen-bond acceptors (Lipinski definition) is 3. The zero-order chi connectivity index (χ0) is 17.2. The van der Waals surface area contributed by atoms with Crippen molar-refractivity contribution in [2.75, 3.05) is 4.90 Å². The Balaban J connectivity index is 1.93. The predicted molar refractivity (Wildman–Crippen MR) is 98.9 cm³/mol. The van der Waals surface area contributed by atoms with Gasteiger partial charge >= 0.3 is 0 Å². The quantitative estimate of drug-likeness (QED) is 0.493. The van der Waals surface area contributed by atoms with Gasteiger partial charge in [-0.05, 0) is 55.0 Å². The molecule has 0 atom stereocenters. The average molecular weight is 329 g/mol. The molecule has 122 valence electrons. The highest BCUT2D eigenvalue weighted by Crippen LogP contribution is 2.37. The largest absolute Gasteiger partial charge is 0.310 e. The summed E-state index contributed by atoms with van der Waals surface area (Å²) in [6.45, 7) is 1.92. The smallest absolute Gasteiger partial charge is 0.123 e. The zero-order valence-electron chi connectivity index (χ0n) is 13.7. The van der Waals surface area contributed by atoms with Gasteiger partial charge in [-0.25, -0.2) is 4.39 Å². The van der Waals surface area contributed by atoms with Gasteiger partial charge in [-0.15, -0.1) is 0 Å². The Morgan fingerprint density at radius 2 is 1.52 bits per heavy atom. The Morgan fingerprint density at radius 1 is 0.760 bits per heavy atom. The number of benzene rings is 3. The molecule has 1 aromatic heterocycles. The molecule has 25 heavy (non-hydrogen) atoms. The van der Waals surface area contributed by atoms with Gasteiger partial charge in [0.15, 0.2) is 0 Å². The summed E-state index contributed by atoms with van der Waals surface area (Å²) in [5.41, 5.74) is 3.81. The highest BCUT2D eigenvalue weighted by atomic mass is 19.1. The summed E-state index contributed by atoms with van der Waals surface area (Å²) >= 11 is 0. The number of halogens is 1. The third-order valence-electron chi connectivity index (χ3n) is 4.20. The highest BCUT2D eigenvalue weighted by Gasteiger charge is 2.15. The Labute approximate surface area is 145 Å². The first-order valence-corrected chi connectivity index (χ1v) is 8.04. The van der Waals surface area contributed by atoms with E-state index in [2.05, 4.69) is 21.2 Å². The van der Waals surface area contributed by atoms with E-state index in [1.807, 2.05) is 55.5 Å². The monoisotopic (exact) mass is 329 g/mol. The Bertz CT molecular complexity index is 1030. The third-order valence-corrected chi connectivity index (χ3v) is 4.20. The number of fused-ring (bicyclic) bond motifs is 1. The summed E-state index contributed by atoms with van der Waals surface area (Å²) in [6.07, 6.45) is 3.49. The van der Waals surface area contributed by atoms with Gasteiger partial charge in [-0.2, -0.15) is 10.2 Å². The summed E-state index contributed by atoms with van der Waals surface area (Å²) in [5, 5.41) is 9.93. The predicted octanol–water partition coefficient (Wildman–Crippen LogP) is 5.55. The van der Waals surface area contributed by atoms with Gasteiger partial charge in [0.25, 0.3) is 0 Å². The van der Waals surface area contributed by atoms with E-state index in [1.165, 1.54) is 6.07 Å². The van der Waals surface area contributed by atoms with Crippen molar-refractivity contribution in [3.8, 4) is 0 Å². The van der Waals surface area contributed by atoms with Gasteiger partial charge in [-0.1, -0.05) is 24.3 Å². The highest BCUT2D eigenvalue weighted by molar-refractivity contribution is 5.88. The molecule has 0 radical (unpaired) electrons. The Hall–Kier alpha value is -3.27. The molecule has 0 amide bonds. The normalized spacial score (nSPS) is 10.8. The lowest BCUT2D eigenvalue weighted by Crippen LogP contribution is -2.11. The molecule has 0 aliphatic rings. The van der Waals surface area contributed by atoms with Gasteiger partial charge in [0.05, 0.1) is 12.4 Å². The first-order chi connectivity index (χ1) is 12.2.